The van der Waals surface area contributed by atoms with Crippen LogP contribution in [0.1, 0.15) is 23.2 Å². The van der Waals surface area contributed by atoms with E-state index >= 15 is 0 Å². The first-order valence-electron chi connectivity index (χ1n) is 6.64. The van der Waals surface area contributed by atoms with Crippen molar-refractivity contribution < 1.29 is 13.6 Å². The molecular formula is C14H16F2N2O. The Morgan fingerprint density at radius 2 is 1.68 bits per heavy atom. The molecular weight excluding hydrogens is 250 g/mol. The molecule has 2 saturated heterocycles. The summed E-state index contributed by atoms with van der Waals surface area (Å²) in [5, 5.41) is 0. The smallest absolute Gasteiger partial charge is 0.259 e. The SMILES string of the molecule is O=C(c1c(F)cccc1F)N1CC(N2CCCC2)C1. The van der Waals surface area contributed by atoms with Gasteiger partial charge in [0.15, 0.2) is 0 Å². The first-order chi connectivity index (χ1) is 9.16. The summed E-state index contributed by atoms with van der Waals surface area (Å²) in [5.74, 6) is -2.10. The van der Waals surface area contributed by atoms with Crippen molar-refractivity contribution >= 4 is 5.91 Å². The lowest BCUT2D eigenvalue weighted by Crippen LogP contribution is -2.60. The summed E-state index contributed by atoms with van der Waals surface area (Å²) in [6.45, 7) is 3.29. The number of carbonyl (C=O) groups is 1. The number of benzene rings is 1. The minimum Gasteiger partial charge on any atom is -0.335 e. The van der Waals surface area contributed by atoms with Crippen LogP contribution in [-0.2, 0) is 0 Å². The molecule has 0 atom stereocenters. The van der Waals surface area contributed by atoms with Crippen LogP contribution in [-0.4, -0.2) is 47.9 Å². The van der Waals surface area contributed by atoms with Crippen LogP contribution >= 0.6 is 0 Å². The average molecular weight is 266 g/mol. The molecule has 0 spiro atoms. The molecule has 0 unspecified atom stereocenters. The summed E-state index contributed by atoms with van der Waals surface area (Å²) in [4.78, 5) is 15.9. The fraction of sp³-hybridized carbons (Fsp3) is 0.500. The van der Waals surface area contributed by atoms with E-state index in [9.17, 15) is 13.6 Å². The molecule has 2 aliphatic heterocycles. The van der Waals surface area contributed by atoms with Gasteiger partial charge < -0.3 is 4.90 Å². The maximum atomic E-state index is 13.5. The standard InChI is InChI=1S/C14H16F2N2O/c15-11-4-3-5-12(16)13(11)14(19)18-8-10(9-18)17-6-1-2-7-17/h3-5,10H,1-2,6-9H2. The third-order valence-corrected chi connectivity index (χ3v) is 3.98. The van der Waals surface area contributed by atoms with Crippen LogP contribution in [0.4, 0.5) is 8.78 Å². The fourth-order valence-corrected chi connectivity index (χ4v) is 2.82. The minimum absolute atomic E-state index is 0.362. The second-order valence-electron chi connectivity index (χ2n) is 5.20. The molecule has 1 aromatic carbocycles. The Labute approximate surface area is 110 Å². The average Bonchev–Trinajstić information content (AvgIpc) is 2.80. The predicted octanol–water partition coefficient (Wildman–Crippen LogP) is 1.89. The third-order valence-electron chi connectivity index (χ3n) is 3.98. The van der Waals surface area contributed by atoms with E-state index < -0.39 is 23.1 Å². The van der Waals surface area contributed by atoms with Crippen LogP contribution < -0.4 is 0 Å². The van der Waals surface area contributed by atoms with Crippen LogP contribution in [0, 0.1) is 11.6 Å². The van der Waals surface area contributed by atoms with Crippen molar-refractivity contribution in [1.29, 1.82) is 0 Å². The lowest BCUT2D eigenvalue weighted by molar-refractivity contribution is 0.0326. The summed E-state index contributed by atoms with van der Waals surface area (Å²) < 4.78 is 27.0. The number of hydrogen-bond donors (Lipinski definition) is 0. The molecule has 1 amide bonds. The number of amides is 1. The maximum absolute atomic E-state index is 13.5. The van der Waals surface area contributed by atoms with Crippen LogP contribution in [0.5, 0.6) is 0 Å². The fourth-order valence-electron chi connectivity index (χ4n) is 2.82. The van der Waals surface area contributed by atoms with E-state index in [4.69, 9.17) is 0 Å². The second-order valence-corrected chi connectivity index (χ2v) is 5.20. The zero-order valence-corrected chi connectivity index (χ0v) is 10.6. The third kappa shape index (κ3) is 2.23. The van der Waals surface area contributed by atoms with Gasteiger partial charge in [-0.1, -0.05) is 6.07 Å². The predicted molar refractivity (Wildman–Crippen MR) is 66.9 cm³/mol. The Morgan fingerprint density at radius 1 is 1.11 bits per heavy atom. The van der Waals surface area contributed by atoms with Gasteiger partial charge >= 0.3 is 0 Å². The Hall–Kier alpha value is -1.49. The van der Waals surface area contributed by atoms with Gasteiger partial charge in [0.05, 0.1) is 0 Å². The first-order valence-corrected chi connectivity index (χ1v) is 6.64. The lowest BCUT2D eigenvalue weighted by atomic mass is 10.0. The highest BCUT2D eigenvalue weighted by atomic mass is 19.1. The largest absolute Gasteiger partial charge is 0.335 e. The van der Waals surface area contributed by atoms with E-state index in [1.807, 2.05) is 0 Å². The van der Waals surface area contributed by atoms with Gasteiger partial charge in [-0.3, -0.25) is 9.69 Å². The zero-order chi connectivity index (χ0) is 13.4. The summed E-state index contributed by atoms with van der Waals surface area (Å²) in [6, 6.07) is 3.87. The Balaban J connectivity index is 1.66. The van der Waals surface area contributed by atoms with Crippen LogP contribution in [0.2, 0.25) is 0 Å². The van der Waals surface area contributed by atoms with Gasteiger partial charge in [0.1, 0.15) is 17.2 Å². The monoisotopic (exact) mass is 266 g/mol. The van der Waals surface area contributed by atoms with Gasteiger partial charge in [-0.25, -0.2) is 8.78 Å². The second kappa shape index (κ2) is 4.89. The molecule has 5 heteroatoms. The molecule has 1 aromatic rings. The molecule has 0 saturated carbocycles. The molecule has 0 aromatic heterocycles. The number of carbonyl (C=O) groups excluding carboxylic acids is 1. The summed E-state index contributed by atoms with van der Waals surface area (Å²) in [5.41, 5.74) is -0.428. The van der Waals surface area contributed by atoms with E-state index in [-0.39, 0.29) is 0 Å². The minimum atomic E-state index is -0.783. The molecule has 3 rings (SSSR count). The van der Waals surface area contributed by atoms with E-state index in [1.165, 1.54) is 23.8 Å². The van der Waals surface area contributed by atoms with Crippen molar-refractivity contribution in [3.05, 3.63) is 35.4 Å². The first kappa shape index (κ1) is 12.5. The van der Waals surface area contributed by atoms with Gasteiger partial charge in [0.25, 0.3) is 5.91 Å². The molecule has 0 aliphatic carbocycles. The number of halogens is 2. The number of rotatable bonds is 2. The summed E-state index contributed by atoms with van der Waals surface area (Å²) in [7, 11) is 0. The van der Waals surface area contributed by atoms with Gasteiger partial charge in [-0.2, -0.15) is 0 Å². The van der Waals surface area contributed by atoms with Crippen molar-refractivity contribution in [2.75, 3.05) is 26.2 Å². The lowest BCUT2D eigenvalue weighted by Gasteiger charge is -2.44. The summed E-state index contributed by atoms with van der Waals surface area (Å²) in [6.07, 6.45) is 2.40. The molecule has 2 heterocycles. The quantitative estimate of drug-likeness (QED) is 0.816. The number of likely N-dealkylation sites (tertiary alicyclic amines) is 2. The molecule has 0 radical (unpaired) electrons. The van der Waals surface area contributed by atoms with Crippen LogP contribution in [0.25, 0.3) is 0 Å². The number of nitrogens with zero attached hydrogens (tertiary/aromatic N) is 2. The van der Waals surface area contributed by atoms with Crippen molar-refractivity contribution in [2.45, 2.75) is 18.9 Å². The molecule has 2 fully saturated rings. The van der Waals surface area contributed by atoms with Gasteiger partial charge in [-0.15, -0.1) is 0 Å². The highest BCUT2D eigenvalue weighted by molar-refractivity contribution is 5.95. The van der Waals surface area contributed by atoms with Crippen LogP contribution in [0.3, 0.4) is 0 Å². The Bertz CT molecular complexity index is 474. The Morgan fingerprint density at radius 3 is 2.26 bits per heavy atom. The van der Waals surface area contributed by atoms with Crippen molar-refractivity contribution in [1.82, 2.24) is 9.80 Å². The molecule has 3 nitrogen and oxygen atoms in total. The van der Waals surface area contributed by atoms with E-state index in [0.29, 0.717) is 19.1 Å². The highest BCUT2D eigenvalue weighted by Crippen LogP contribution is 2.23. The molecule has 0 N–H and O–H groups in total. The molecule has 2 aliphatic rings. The van der Waals surface area contributed by atoms with Crippen molar-refractivity contribution in [3.8, 4) is 0 Å². The number of hydrogen-bond acceptors (Lipinski definition) is 2. The topological polar surface area (TPSA) is 23.6 Å². The van der Waals surface area contributed by atoms with E-state index in [1.54, 1.807) is 0 Å². The normalized spacial score (nSPS) is 20.6. The van der Waals surface area contributed by atoms with Crippen molar-refractivity contribution in [2.24, 2.45) is 0 Å². The highest BCUT2D eigenvalue weighted by Gasteiger charge is 2.37. The van der Waals surface area contributed by atoms with Gasteiger partial charge in [0, 0.05) is 19.1 Å². The van der Waals surface area contributed by atoms with Crippen molar-refractivity contribution in [3.63, 3.8) is 0 Å². The van der Waals surface area contributed by atoms with E-state index in [2.05, 4.69) is 4.90 Å². The zero-order valence-electron chi connectivity index (χ0n) is 10.6. The molecule has 19 heavy (non-hydrogen) atoms. The van der Waals surface area contributed by atoms with Gasteiger partial charge in [0.2, 0.25) is 0 Å². The molecule has 0 bridgehead atoms. The summed E-state index contributed by atoms with van der Waals surface area (Å²) >= 11 is 0. The van der Waals surface area contributed by atoms with E-state index in [0.717, 1.165) is 25.2 Å². The maximum Gasteiger partial charge on any atom is 0.259 e. The Kier molecular flexibility index (Phi) is 3.22. The van der Waals surface area contributed by atoms with Gasteiger partial charge in [-0.05, 0) is 38.1 Å². The molecule has 102 valence electrons. The van der Waals surface area contributed by atoms with Crippen LogP contribution in [0.15, 0.2) is 18.2 Å².